The van der Waals surface area contributed by atoms with Crippen molar-refractivity contribution in [2.75, 3.05) is 20.7 Å². The Kier molecular flexibility index (Phi) is 12.2. The number of benzene rings is 2. The zero-order valence-electron chi connectivity index (χ0n) is 21.9. The van der Waals surface area contributed by atoms with Gasteiger partial charge in [0.1, 0.15) is 24.3 Å². The summed E-state index contributed by atoms with van der Waals surface area (Å²) in [5.74, 6) is 1.23. The molecule has 0 aliphatic rings. The minimum Gasteiger partial charge on any atom is -0.496 e. The van der Waals surface area contributed by atoms with Crippen molar-refractivity contribution in [1.82, 2.24) is 10.2 Å². The minimum absolute atomic E-state index is 0.114. The number of carbonyl (C=O) groups excluding carboxylic acids is 1. The number of carbonyl (C=O) groups is 1. The smallest absolute Gasteiger partial charge is 0.255 e. The maximum Gasteiger partial charge on any atom is 0.255 e. The fourth-order valence-electron chi connectivity index (χ4n) is 3.77. The molecule has 0 heterocycles. The van der Waals surface area contributed by atoms with Crippen molar-refractivity contribution in [3.63, 3.8) is 0 Å². The second kappa shape index (κ2) is 15.7. The number of hydrogen-bond donors (Lipinski definition) is 2. The van der Waals surface area contributed by atoms with Gasteiger partial charge in [-0.15, -0.1) is 0 Å². The Morgan fingerprint density at radius 2 is 1.92 bits per heavy atom. The fourth-order valence-corrected chi connectivity index (χ4v) is 3.77. The van der Waals surface area contributed by atoms with Crippen LogP contribution in [0.15, 0.2) is 122 Å². The van der Waals surface area contributed by atoms with Gasteiger partial charge in [0, 0.05) is 17.7 Å². The van der Waals surface area contributed by atoms with Gasteiger partial charge in [0.05, 0.1) is 7.11 Å². The quantitative estimate of drug-likeness (QED) is 0.195. The standard InChI is InChI=1S/C31H37N3O3/c1-6-13-24(8-3)22-34(31(35)25-15-10-9-11-16-25)30(33-4)26-18-19-29(36-5)27(21-26)23-37-28(14-7-2)17-12-20-32/h6-21,30,33H,1,3,22-23,32H2,2,4-5H3/b14-7-,20-12+,24-13+,28-17+. The molecule has 1 unspecified atom stereocenters. The predicted molar refractivity (Wildman–Crippen MR) is 152 cm³/mol. The summed E-state index contributed by atoms with van der Waals surface area (Å²) in [5, 5.41) is 3.31. The molecule has 0 bridgehead atoms. The van der Waals surface area contributed by atoms with E-state index in [9.17, 15) is 4.79 Å². The van der Waals surface area contributed by atoms with Gasteiger partial charge in [-0.1, -0.05) is 61.7 Å². The number of nitrogens with one attached hydrogen (secondary N) is 1. The lowest BCUT2D eigenvalue weighted by atomic mass is 10.0. The predicted octanol–water partition coefficient (Wildman–Crippen LogP) is 5.80. The van der Waals surface area contributed by atoms with Crippen LogP contribution in [0.4, 0.5) is 0 Å². The molecule has 0 saturated heterocycles. The molecule has 37 heavy (non-hydrogen) atoms. The topological polar surface area (TPSA) is 76.8 Å². The monoisotopic (exact) mass is 499 g/mol. The van der Waals surface area contributed by atoms with Crippen LogP contribution >= 0.6 is 0 Å². The van der Waals surface area contributed by atoms with Crippen LogP contribution in [0.1, 0.15) is 34.6 Å². The van der Waals surface area contributed by atoms with E-state index in [2.05, 4.69) is 18.5 Å². The fraction of sp³-hybridized carbons (Fsp3) is 0.194. The number of hydrogen-bond acceptors (Lipinski definition) is 5. The average molecular weight is 500 g/mol. The van der Waals surface area contributed by atoms with E-state index >= 15 is 0 Å². The Labute approximate surface area is 220 Å². The van der Waals surface area contributed by atoms with E-state index in [1.807, 2.05) is 80.7 Å². The first-order chi connectivity index (χ1) is 18.0. The largest absolute Gasteiger partial charge is 0.496 e. The highest BCUT2D eigenvalue weighted by atomic mass is 16.5. The summed E-state index contributed by atoms with van der Waals surface area (Å²) in [5.41, 5.74) is 8.65. The first-order valence-electron chi connectivity index (χ1n) is 12.0. The lowest BCUT2D eigenvalue weighted by Crippen LogP contribution is -2.42. The zero-order valence-corrected chi connectivity index (χ0v) is 21.9. The van der Waals surface area contributed by atoms with Gasteiger partial charge in [-0.2, -0.15) is 0 Å². The summed E-state index contributed by atoms with van der Waals surface area (Å²) < 4.78 is 11.6. The average Bonchev–Trinajstić information content (AvgIpc) is 2.94. The molecule has 0 fully saturated rings. The first-order valence-corrected chi connectivity index (χ1v) is 12.0. The van der Waals surface area contributed by atoms with Crippen molar-refractivity contribution >= 4 is 5.91 Å². The van der Waals surface area contributed by atoms with E-state index in [1.54, 1.807) is 36.3 Å². The number of amides is 1. The van der Waals surface area contributed by atoms with Gasteiger partial charge in [0.2, 0.25) is 0 Å². The molecular weight excluding hydrogens is 462 g/mol. The van der Waals surface area contributed by atoms with Crippen LogP contribution in [0.5, 0.6) is 5.75 Å². The third kappa shape index (κ3) is 8.40. The summed E-state index contributed by atoms with van der Waals surface area (Å²) in [6.45, 7) is 10.2. The van der Waals surface area contributed by atoms with Crippen LogP contribution in [0.25, 0.3) is 0 Å². The van der Waals surface area contributed by atoms with E-state index < -0.39 is 6.17 Å². The molecular formula is C31H37N3O3. The summed E-state index contributed by atoms with van der Waals surface area (Å²) in [6, 6.07) is 15.0. The summed E-state index contributed by atoms with van der Waals surface area (Å²) in [6.07, 6.45) is 13.5. The van der Waals surface area contributed by atoms with Gasteiger partial charge >= 0.3 is 0 Å². The molecule has 2 rings (SSSR count). The van der Waals surface area contributed by atoms with E-state index in [0.717, 1.165) is 16.7 Å². The molecule has 1 atom stereocenters. The maximum absolute atomic E-state index is 13.7. The molecule has 6 heteroatoms. The lowest BCUT2D eigenvalue weighted by Gasteiger charge is -2.33. The molecule has 2 aromatic rings. The summed E-state index contributed by atoms with van der Waals surface area (Å²) in [7, 11) is 3.45. The van der Waals surface area contributed by atoms with Gasteiger partial charge in [0.25, 0.3) is 5.91 Å². The van der Waals surface area contributed by atoms with Crippen molar-refractivity contribution in [2.45, 2.75) is 19.7 Å². The Morgan fingerprint density at radius 1 is 1.16 bits per heavy atom. The third-order valence-corrected chi connectivity index (χ3v) is 5.53. The van der Waals surface area contributed by atoms with E-state index in [-0.39, 0.29) is 12.5 Å². The second-order valence-electron chi connectivity index (χ2n) is 7.99. The van der Waals surface area contributed by atoms with Crippen LogP contribution in [0.3, 0.4) is 0 Å². The number of rotatable bonds is 14. The van der Waals surface area contributed by atoms with E-state index in [4.69, 9.17) is 15.2 Å². The van der Waals surface area contributed by atoms with Crippen molar-refractivity contribution in [3.05, 3.63) is 138 Å². The van der Waals surface area contributed by atoms with Crippen molar-refractivity contribution in [2.24, 2.45) is 5.73 Å². The molecule has 6 nitrogen and oxygen atoms in total. The number of nitrogens with zero attached hydrogens (tertiary/aromatic N) is 1. The summed E-state index contributed by atoms with van der Waals surface area (Å²) in [4.78, 5) is 15.5. The molecule has 0 aliphatic heterocycles. The highest BCUT2D eigenvalue weighted by Crippen LogP contribution is 2.28. The molecule has 0 spiro atoms. The molecule has 2 aromatic carbocycles. The Bertz CT molecular complexity index is 1160. The maximum atomic E-state index is 13.7. The highest BCUT2D eigenvalue weighted by Gasteiger charge is 2.26. The molecule has 0 radical (unpaired) electrons. The molecule has 194 valence electrons. The number of allylic oxidation sites excluding steroid dienone is 6. The van der Waals surface area contributed by atoms with Gasteiger partial charge in [-0.3, -0.25) is 10.1 Å². The Balaban J connectivity index is 2.50. The SMILES string of the molecule is C=C/C=C(\C=C)CN(C(=O)c1ccccc1)C(NC)c1ccc(OC)c(COC(/C=C\C)=C/C=C/N)c1. The van der Waals surface area contributed by atoms with Crippen molar-refractivity contribution < 1.29 is 14.3 Å². The van der Waals surface area contributed by atoms with E-state index in [0.29, 0.717) is 23.6 Å². The van der Waals surface area contributed by atoms with Crippen molar-refractivity contribution in [3.8, 4) is 5.75 Å². The highest BCUT2D eigenvalue weighted by molar-refractivity contribution is 5.94. The molecule has 1 amide bonds. The normalized spacial score (nSPS) is 12.9. The van der Waals surface area contributed by atoms with Gasteiger partial charge in [-0.05, 0) is 73.8 Å². The first kappa shape index (κ1) is 28.9. The molecule has 0 aromatic heterocycles. The van der Waals surface area contributed by atoms with Crippen LogP contribution in [-0.4, -0.2) is 31.5 Å². The van der Waals surface area contributed by atoms with Crippen LogP contribution in [0, 0.1) is 0 Å². The van der Waals surface area contributed by atoms with Gasteiger partial charge in [-0.25, -0.2) is 0 Å². The Hall–Kier alpha value is -4.29. The number of methoxy groups -OCH3 is 1. The molecule has 0 saturated carbocycles. The van der Waals surface area contributed by atoms with Gasteiger partial charge in [0.15, 0.2) is 0 Å². The number of nitrogens with two attached hydrogens (primary N) is 1. The molecule has 3 N–H and O–H groups in total. The lowest BCUT2D eigenvalue weighted by molar-refractivity contribution is 0.0670. The summed E-state index contributed by atoms with van der Waals surface area (Å²) >= 11 is 0. The number of ether oxygens (including phenoxy) is 2. The van der Waals surface area contributed by atoms with E-state index in [1.165, 1.54) is 6.20 Å². The van der Waals surface area contributed by atoms with Gasteiger partial charge < -0.3 is 20.1 Å². The molecule has 0 aliphatic carbocycles. The van der Waals surface area contributed by atoms with Crippen LogP contribution in [-0.2, 0) is 11.3 Å². The zero-order chi connectivity index (χ0) is 27.0. The van der Waals surface area contributed by atoms with Crippen LogP contribution in [0.2, 0.25) is 0 Å². The Morgan fingerprint density at radius 3 is 2.51 bits per heavy atom. The second-order valence-corrected chi connectivity index (χ2v) is 7.99. The van der Waals surface area contributed by atoms with Crippen LogP contribution < -0.4 is 15.8 Å². The third-order valence-electron chi connectivity index (χ3n) is 5.53. The van der Waals surface area contributed by atoms with Crippen molar-refractivity contribution in [1.29, 1.82) is 0 Å². The minimum atomic E-state index is -0.434.